The van der Waals surface area contributed by atoms with Gasteiger partial charge in [-0.1, -0.05) is 12.1 Å². The number of hydrogen-bond donors (Lipinski definition) is 3. The molecule has 0 unspecified atom stereocenters. The van der Waals surface area contributed by atoms with Crippen LogP contribution < -0.4 is 10.9 Å². The highest BCUT2D eigenvalue weighted by Gasteiger charge is 2.17. The zero-order chi connectivity index (χ0) is 21.4. The minimum absolute atomic E-state index is 0.112. The van der Waals surface area contributed by atoms with Crippen molar-refractivity contribution in [3.63, 3.8) is 0 Å². The summed E-state index contributed by atoms with van der Waals surface area (Å²) in [5.74, 6) is 0. The first-order chi connectivity index (χ1) is 14.2. The summed E-state index contributed by atoms with van der Waals surface area (Å²) in [6, 6.07) is 10.9. The highest BCUT2D eigenvalue weighted by atomic mass is 32.2. The predicted octanol–water partition coefficient (Wildman–Crippen LogP) is 3.54. The third-order valence-electron chi connectivity index (χ3n) is 5.61. The summed E-state index contributed by atoms with van der Waals surface area (Å²) in [5, 5.41) is 1.56. The number of aromatic amines is 2. The van der Waals surface area contributed by atoms with Gasteiger partial charge in [0.25, 0.3) is 10.1 Å². The summed E-state index contributed by atoms with van der Waals surface area (Å²) in [6.07, 6.45) is 0. The van der Waals surface area contributed by atoms with Crippen LogP contribution in [0, 0.1) is 13.8 Å². The number of fused-ring (bicyclic) bond motifs is 4. The molecule has 0 radical (unpaired) electrons. The lowest BCUT2D eigenvalue weighted by Gasteiger charge is -2.11. The monoisotopic (exact) mass is 420 g/mol. The summed E-state index contributed by atoms with van der Waals surface area (Å²) < 4.78 is 32.3. The van der Waals surface area contributed by atoms with Crippen molar-refractivity contribution in [3.05, 3.63) is 74.0 Å². The van der Waals surface area contributed by atoms with Crippen molar-refractivity contribution in [3.8, 4) is 0 Å². The largest absolute Gasteiger partial charge is 0.354 e. The molecule has 8 heteroatoms. The van der Waals surface area contributed by atoms with Crippen LogP contribution in [-0.2, 0) is 10.1 Å². The fourth-order valence-electron chi connectivity index (χ4n) is 4.15. The Morgan fingerprint density at radius 1 is 0.800 bits per heavy atom. The zero-order valence-corrected chi connectivity index (χ0v) is 16.8. The molecule has 0 fully saturated rings. The Balaban J connectivity index is 2.00. The van der Waals surface area contributed by atoms with Gasteiger partial charge in [-0.05, 0) is 55.3 Å². The molecule has 0 bridgehead atoms. The van der Waals surface area contributed by atoms with Gasteiger partial charge in [0.1, 0.15) is 0 Å². The summed E-state index contributed by atoms with van der Waals surface area (Å²) in [4.78, 5) is 32.5. The number of nitrogens with one attached hydrogen (secondary N) is 2. The van der Waals surface area contributed by atoms with E-state index in [0.717, 1.165) is 11.6 Å². The normalized spacial score (nSPS) is 12.4. The van der Waals surface area contributed by atoms with Gasteiger partial charge in [0.05, 0.1) is 26.8 Å². The molecule has 0 spiro atoms. The molecule has 0 aliphatic rings. The second-order valence-electron chi connectivity index (χ2n) is 7.43. The number of aryl methyl sites for hydroxylation is 2. The average molecular weight is 420 g/mol. The molecule has 0 saturated carbocycles. The van der Waals surface area contributed by atoms with E-state index in [1.165, 1.54) is 12.1 Å². The number of benzene rings is 3. The van der Waals surface area contributed by atoms with Crippen molar-refractivity contribution in [1.29, 1.82) is 0 Å². The van der Waals surface area contributed by atoms with Crippen molar-refractivity contribution in [2.45, 2.75) is 18.7 Å². The molecule has 3 N–H and O–H groups in total. The molecular formula is C22H16N2O5S. The van der Waals surface area contributed by atoms with Gasteiger partial charge in [0.2, 0.25) is 0 Å². The molecule has 0 atom stereocenters. The lowest BCUT2D eigenvalue weighted by Crippen LogP contribution is -2.11. The Kier molecular flexibility index (Phi) is 3.71. The third-order valence-corrected chi connectivity index (χ3v) is 6.46. The van der Waals surface area contributed by atoms with Crippen LogP contribution in [0.4, 0.5) is 0 Å². The van der Waals surface area contributed by atoms with Crippen LogP contribution in [-0.4, -0.2) is 22.9 Å². The first kappa shape index (κ1) is 18.5. The smallest absolute Gasteiger partial charge is 0.294 e. The van der Waals surface area contributed by atoms with E-state index in [2.05, 4.69) is 9.97 Å². The van der Waals surface area contributed by atoms with Crippen molar-refractivity contribution in [1.82, 2.24) is 9.97 Å². The van der Waals surface area contributed by atoms with Gasteiger partial charge in [-0.2, -0.15) is 8.42 Å². The first-order valence-corrected chi connectivity index (χ1v) is 10.6. The standard InChI is InChI=1S/C22H16N2O5S/c1-10-4-3-5-16-18(10)22(26)19-11(2)20-14(9-17(19)23-16)21(25)13-8-12(30(27,28)29)6-7-15(13)24-20/h3-9H,1-2H3,(H,23,26)(H,24,25)(H,27,28,29). The topological polar surface area (TPSA) is 120 Å². The molecule has 0 aliphatic heterocycles. The van der Waals surface area contributed by atoms with E-state index in [4.69, 9.17) is 0 Å². The quantitative estimate of drug-likeness (QED) is 0.283. The number of rotatable bonds is 1. The van der Waals surface area contributed by atoms with Crippen LogP contribution in [0.5, 0.6) is 0 Å². The van der Waals surface area contributed by atoms with Gasteiger partial charge >= 0.3 is 0 Å². The van der Waals surface area contributed by atoms with Crippen LogP contribution in [0.15, 0.2) is 56.9 Å². The fourth-order valence-corrected chi connectivity index (χ4v) is 4.66. The van der Waals surface area contributed by atoms with Gasteiger partial charge in [-0.3, -0.25) is 14.1 Å². The summed E-state index contributed by atoms with van der Waals surface area (Å²) in [6.45, 7) is 3.65. The molecule has 150 valence electrons. The third kappa shape index (κ3) is 2.51. The second kappa shape index (κ2) is 6.01. The fraction of sp³-hybridized carbons (Fsp3) is 0.0909. The van der Waals surface area contributed by atoms with E-state index in [-0.39, 0.29) is 21.1 Å². The maximum atomic E-state index is 13.3. The molecule has 5 rings (SSSR count). The van der Waals surface area contributed by atoms with Crippen LogP contribution in [0.3, 0.4) is 0 Å². The molecule has 0 amide bonds. The molecule has 0 aliphatic carbocycles. The maximum Gasteiger partial charge on any atom is 0.294 e. The molecule has 2 heterocycles. The van der Waals surface area contributed by atoms with E-state index in [9.17, 15) is 22.6 Å². The minimum atomic E-state index is -4.44. The average Bonchev–Trinajstić information content (AvgIpc) is 2.68. The van der Waals surface area contributed by atoms with Crippen LogP contribution in [0.1, 0.15) is 11.1 Å². The minimum Gasteiger partial charge on any atom is -0.354 e. The predicted molar refractivity (Wildman–Crippen MR) is 117 cm³/mol. The van der Waals surface area contributed by atoms with Gasteiger partial charge in [-0.15, -0.1) is 0 Å². The summed E-state index contributed by atoms with van der Waals surface area (Å²) in [5.41, 5.74) is 3.12. The second-order valence-corrected chi connectivity index (χ2v) is 8.86. The Hall–Kier alpha value is -3.49. The van der Waals surface area contributed by atoms with E-state index >= 15 is 0 Å². The highest BCUT2D eigenvalue weighted by molar-refractivity contribution is 7.85. The summed E-state index contributed by atoms with van der Waals surface area (Å²) >= 11 is 0. The SMILES string of the molecule is Cc1cccc2[nH]c3cc4c(=O)c5cc(S(=O)(=O)O)ccc5[nH]c4c(C)c3c(=O)c12. The number of pyridine rings is 2. The molecule has 3 aromatic carbocycles. The van der Waals surface area contributed by atoms with Gasteiger partial charge < -0.3 is 9.97 Å². The van der Waals surface area contributed by atoms with Gasteiger partial charge in [-0.25, -0.2) is 0 Å². The highest BCUT2D eigenvalue weighted by Crippen LogP contribution is 2.27. The van der Waals surface area contributed by atoms with Crippen LogP contribution >= 0.6 is 0 Å². The van der Waals surface area contributed by atoms with Crippen molar-refractivity contribution >= 4 is 53.7 Å². The molecular weight excluding hydrogens is 404 g/mol. The number of H-pyrrole nitrogens is 2. The van der Waals surface area contributed by atoms with Crippen molar-refractivity contribution < 1.29 is 13.0 Å². The number of hydrogen-bond acceptors (Lipinski definition) is 4. The van der Waals surface area contributed by atoms with Crippen molar-refractivity contribution in [2.24, 2.45) is 0 Å². The van der Waals surface area contributed by atoms with Crippen LogP contribution in [0.25, 0.3) is 43.6 Å². The Labute approximate surface area is 169 Å². The molecule has 7 nitrogen and oxygen atoms in total. The lowest BCUT2D eigenvalue weighted by atomic mass is 9.99. The summed E-state index contributed by atoms with van der Waals surface area (Å²) in [7, 11) is -4.44. The van der Waals surface area contributed by atoms with Gasteiger partial charge in [0, 0.05) is 21.7 Å². The Morgan fingerprint density at radius 2 is 1.57 bits per heavy atom. The zero-order valence-electron chi connectivity index (χ0n) is 16.0. The Bertz CT molecular complexity index is 1780. The van der Waals surface area contributed by atoms with Crippen molar-refractivity contribution in [2.75, 3.05) is 0 Å². The van der Waals surface area contributed by atoms with Gasteiger partial charge in [0.15, 0.2) is 10.9 Å². The Morgan fingerprint density at radius 3 is 2.30 bits per heavy atom. The van der Waals surface area contributed by atoms with E-state index in [1.54, 1.807) is 13.0 Å². The molecule has 30 heavy (non-hydrogen) atoms. The van der Waals surface area contributed by atoms with E-state index < -0.39 is 10.1 Å². The van der Waals surface area contributed by atoms with E-state index in [0.29, 0.717) is 43.8 Å². The maximum absolute atomic E-state index is 13.3. The molecule has 2 aromatic heterocycles. The number of aromatic nitrogens is 2. The molecule has 0 saturated heterocycles. The molecule has 5 aromatic rings. The lowest BCUT2D eigenvalue weighted by molar-refractivity contribution is 0.483. The van der Waals surface area contributed by atoms with Crippen LogP contribution in [0.2, 0.25) is 0 Å². The first-order valence-electron chi connectivity index (χ1n) is 9.19. The van der Waals surface area contributed by atoms with E-state index in [1.807, 2.05) is 25.1 Å².